The minimum Gasteiger partial charge on any atom is -0.439 e. The van der Waals surface area contributed by atoms with Crippen LogP contribution in [0.25, 0.3) is 0 Å². The van der Waals surface area contributed by atoms with Gasteiger partial charge in [-0.1, -0.05) is 5.16 Å². The molecule has 0 aromatic carbocycles. The molecular formula is C12H13N3O5. The van der Waals surface area contributed by atoms with Gasteiger partial charge in [-0.25, -0.2) is 9.69 Å². The molecule has 0 bridgehead atoms. The number of imide groups is 1. The van der Waals surface area contributed by atoms with Crippen molar-refractivity contribution in [2.24, 2.45) is 5.92 Å². The first kappa shape index (κ1) is 12.6. The number of aromatic nitrogens is 1. The van der Waals surface area contributed by atoms with E-state index >= 15 is 0 Å². The second-order valence-electron chi connectivity index (χ2n) is 4.96. The van der Waals surface area contributed by atoms with E-state index in [0.717, 1.165) is 4.90 Å². The molecule has 0 aliphatic carbocycles. The fourth-order valence-electron chi connectivity index (χ4n) is 2.30. The number of carbonyl (C=O) groups excluding carboxylic acids is 3. The maximum atomic E-state index is 12.0. The fourth-order valence-corrected chi connectivity index (χ4v) is 2.30. The van der Waals surface area contributed by atoms with Gasteiger partial charge in [0.15, 0.2) is 12.3 Å². The summed E-state index contributed by atoms with van der Waals surface area (Å²) in [6.07, 6.45) is -0.605. The van der Waals surface area contributed by atoms with Gasteiger partial charge < -0.3 is 14.2 Å². The van der Waals surface area contributed by atoms with E-state index in [4.69, 9.17) is 4.52 Å². The highest BCUT2D eigenvalue weighted by molar-refractivity contribution is 5.98. The Kier molecular flexibility index (Phi) is 2.92. The molecule has 0 spiro atoms. The van der Waals surface area contributed by atoms with Crippen molar-refractivity contribution in [1.29, 1.82) is 0 Å². The summed E-state index contributed by atoms with van der Waals surface area (Å²) < 4.78 is 9.48. The molecule has 8 heteroatoms. The van der Waals surface area contributed by atoms with Gasteiger partial charge in [-0.05, 0) is 6.92 Å². The van der Waals surface area contributed by atoms with E-state index < -0.39 is 6.09 Å². The highest BCUT2D eigenvalue weighted by Crippen LogP contribution is 2.21. The van der Waals surface area contributed by atoms with Crippen LogP contribution in [0.2, 0.25) is 0 Å². The summed E-state index contributed by atoms with van der Waals surface area (Å²) >= 11 is 0. The molecule has 3 rings (SSSR count). The van der Waals surface area contributed by atoms with E-state index in [2.05, 4.69) is 9.89 Å². The van der Waals surface area contributed by atoms with Crippen LogP contribution >= 0.6 is 0 Å². The van der Waals surface area contributed by atoms with E-state index in [1.54, 1.807) is 17.9 Å². The van der Waals surface area contributed by atoms with Crippen LogP contribution in [0, 0.1) is 12.8 Å². The highest BCUT2D eigenvalue weighted by Gasteiger charge is 2.38. The van der Waals surface area contributed by atoms with Crippen molar-refractivity contribution in [3.8, 4) is 0 Å². The molecule has 3 heterocycles. The van der Waals surface area contributed by atoms with Crippen molar-refractivity contribution in [2.75, 3.05) is 26.2 Å². The molecule has 2 aliphatic rings. The smallest absolute Gasteiger partial charge is 0.417 e. The number of hydrogen-bond acceptors (Lipinski definition) is 6. The zero-order chi connectivity index (χ0) is 14.3. The molecule has 1 aromatic rings. The molecule has 2 saturated heterocycles. The minimum atomic E-state index is -0.605. The van der Waals surface area contributed by atoms with Gasteiger partial charge in [-0.15, -0.1) is 0 Å². The molecule has 0 radical (unpaired) electrons. The lowest BCUT2D eigenvalue weighted by Gasteiger charge is -2.39. The lowest BCUT2D eigenvalue weighted by atomic mass is 9.99. The van der Waals surface area contributed by atoms with Crippen LogP contribution in [0.15, 0.2) is 10.6 Å². The third-order valence-corrected chi connectivity index (χ3v) is 3.37. The molecule has 0 atom stereocenters. The van der Waals surface area contributed by atoms with Gasteiger partial charge in [0.2, 0.25) is 0 Å². The normalized spacial score (nSPS) is 19.2. The summed E-state index contributed by atoms with van der Waals surface area (Å²) in [4.78, 5) is 37.3. The first-order valence-corrected chi connectivity index (χ1v) is 6.24. The summed E-state index contributed by atoms with van der Waals surface area (Å²) in [5.74, 6) is 0.137. The van der Waals surface area contributed by atoms with Gasteiger partial charge in [0.1, 0.15) is 5.76 Å². The molecule has 20 heavy (non-hydrogen) atoms. The van der Waals surface area contributed by atoms with Crippen LogP contribution in [0.3, 0.4) is 0 Å². The molecule has 2 aliphatic heterocycles. The minimum absolute atomic E-state index is 0.0848. The monoisotopic (exact) mass is 279 g/mol. The fraction of sp³-hybridized carbons (Fsp3) is 0.500. The van der Waals surface area contributed by atoms with Gasteiger partial charge in [-0.3, -0.25) is 9.59 Å². The van der Waals surface area contributed by atoms with Crippen molar-refractivity contribution >= 4 is 17.9 Å². The average Bonchev–Trinajstić information content (AvgIpc) is 2.92. The number of carbonyl (C=O) groups is 3. The lowest BCUT2D eigenvalue weighted by Crippen LogP contribution is -2.54. The number of cyclic esters (lactones) is 1. The predicted molar refractivity (Wildman–Crippen MR) is 63.7 cm³/mol. The number of amides is 3. The maximum absolute atomic E-state index is 12.0. The first-order chi connectivity index (χ1) is 9.54. The lowest BCUT2D eigenvalue weighted by molar-refractivity contribution is -0.126. The van der Waals surface area contributed by atoms with Crippen molar-refractivity contribution in [2.45, 2.75) is 6.92 Å². The van der Waals surface area contributed by atoms with Crippen LogP contribution in [0.5, 0.6) is 0 Å². The van der Waals surface area contributed by atoms with E-state index in [-0.39, 0.29) is 30.0 Å². The highest BCUT2D eigenvalue weighted by atomic mass is 16.6. The Hall–Kier alpha value is -2.38. The Morgan fingerprint density at radius 3 is 2.75 bits per heavy atom. The molecule has 106 valence electrons. The summed E-state index contributed by atoms with van der Waals surface area (Å²) in [6, 6.07) is 1.58. The Labute approximate surface area is 114 Å². The van der Waals surface area contributed by atoms with E-state index in [0.29, 0.717) is 25.4 Å². The molecule has 8 nitrogen and oxygen atoms in total. The quantitative estimate of drug-likeness (QED) is 0.775. The number of rotatable bonds is 3. The van der Waals surface area contributed by atoms with Gasteiger partial charge >= 0.3 is 6.09 Å². The van der Waals surface area contributed by atoms with Crippen molar-refractivity contribution in [3.63, 3.8) is 0 Å². The number of hydrogen-bond donors (Lipinski definition) is 0. The molecule has 0 N–H and O–H groups in total. The molecule has 0 unspecified atom stereocenters. The van der Waals surface area contributed by atoms with Crippen LogP contribution in [-0.4, -0.2) is 59.1 Å². The topological polar surface area (TPSA) is 93.0 Å². The summed E-state index contributed by atoms with van der Waals surface area (Å²) in [5.41, 5.74) is 0.276. The molecule has 0 saturated carbocycles. The van der Waals surface area contributed by atoms with E-state index in [1.165, 1.54) is 0 Å². The first-order valence-electron chi connectivity index (χ1n) is 6.24. The van der Waals surface area contributed by atoms with Crippen LogP contribution in [-0.2, 0) is 9.53 Å². The molecule has 3 amide bonds. The number of ether oxygens (including phenoxy) is 1. The summed E-state index contributed by atoms with van der Waals surface area (Å²) in [7, 11) is 0. The van der Waals surface area contributed by atoms with Crippen molar-refractivity contribution < 1.29 is 23.6 Å². The summed E-state index contributed by atoms with van der Waals surface area (Å²) in [5, 5.41) is 3.67. The van der Waals surface area contributed by atoms with Crippen LogP contribution in [0.1, 0.15) is 16.2 Å². The second-order valence-corrected chi connectivity index (χ2v) is 4.96. The Bertz CT molecular complexity index is 559. The van der Waals surface area contributed by atoms with Crippen LogP contribution < -0.4 is 0 Å². The van der Waals surface area contributed by atoms with Crippen molar-refractivity contribution in [1.82, 2.24) is 15.0 Å². The zero-order valence-electron chi connectivity index (χ0n) is 10.9. The Morgan fingerprint density at radius 2 is 2.20 bits per heavy atom. The number of aryl methyl sites for hydroxylation is 1. The van der Waals surface area contributed by atoms with E-state index in [9.17, 15) is 14.4 Å². The standard InChI is InChI=1S/C12H13N3O5/c1-7-2-9(13-20-7)11(17)14-3-8(4-14)5-15-10(16)6-19-12(15)18/h2,8H,3-6H2,1H3. The van der Waals surface area contributed by atoms with Gasteiger partial charge in [0, 0.05) is 31.6 Å². The molecular weight excluding hydrogens is 266 g/mol. The Balaban J connectivity index is 1.53. The SMILES string of the molecule is Cc1cc(C(=O)N2CC(CN3C(=O)COC3=O)C2)no1. The third-order valence-electron chi connectivity index (χ3n) is 3.37. The maximum Gasteiger partial charge on any atom is 0.417 e. The van der Waals surface area contributed by atoms with Crippen molar-refractivity contribution in [3.05, 3.63) is 17.5 Å². The molecule has 1 aromatic heterocycles. The van der Waals surface area contributed by atoms with Gasteiger partial charge in [0.25, 0.3) is 11.8 Å². The van der Waals surface area contributed by atoms with Crippen LogP contribution in [0.4, 0.5) is 4.79 Å². The van der Waals surface area contributed by atoms with Gasteiger partial charge in [-0.2, -0.15) is 0 Å². The largest absolute Gasteiger partial charge is 0.439 e. The zero-order valence-corrected chi connectivity index (χ0v) is 10.9. The predicted octanol–water partition coefficient (Wildman–Crippen LogP) is 0.0338. The Morgan fingerprint density at radius 1 is 1.45 bits per heavy atom. The van der Waals surface area contributed by atoms with E-state index in [1.807, 2.05) is 0 Å². The number of nitrogens with zero attached hydrogens (tertiary/aromatic N) is 3. The number of likely N-dealkylation sites (tertiary alicyclic amines) is 1. The van der Waals surface area contributed by atoms with Gasteiger partial charge in [0.05, 0.1) is 0 Å². The average molecular weight is 279 g/mol. The molecule has 2 fully saturated rings. The third kappa shape index (κ3) is 2.13. The second kappa shape index (κ2) is 4.62. The summed E-state index contributed by atoms with van der Waals surface area (Å²) in [6.45, 7) is 2.79.